The molecule has 2 aromatic heterocycles. The number of hydrogen-bond donors (Lipinski definition) is 2. The summed E-state index contributed by atoms with van der Waals surface area (Å²) in [6.45, 7) is 4.33. The number of carbonyl (C=O) groups is 1. The molecule has 6 rings (SSSR count). The number of amidine groups is 1. The van der Waals surface area contributed by atoms with Crippen LogP contribution >= 0.6 is 0 Å². The highest BCUT2D eigenvalue weighted by atomic mass is 16.5. The molecule has 3 aromatic rings. The number of amides is 2. The number of urea groups is 1. The average molecular weight is 491 g/mol. The van der Waals surface area contributed by atoms with Crippen LogP contribution in [0, 0.1) is 0 Å². The molecule has 0 radical (unpaired) electrons. The summed E-state index contributed by atoms with van der Waals surface area (Å²) >= 11 is 0. The molecule has 5 heterocycles. The SMILES string of the molecule is CNC(=O)NC1=Nc2ccc(-c3nc(N4CCOCC4)nc4c3cnn4C3CCOCC3)cc2CC1. The van der Waals surface area contributed by atoms with E-state index in [2.05, 4.69) is 31.3 Å². The normalized spacial score (nSPS) is 18.6. The van der Waals surface area contributed by atoms with Crippen LogP contribution in [0.3, 0.4) is 0 Å². The Morgan fingerprint density at radius 2 is 1.86 bits per heavy atom. The van der Waals surface area contributed by atoms with E-state index in [0.717, 1.165) is 79.1 Å². The third kappa shape index (κ3) is 4.40. The summed E-state index contributed by atoms with van der Waals surface area (Å²) in [6, 6.07) is 6.21. The predicted molar refractivity (Wildman–Crippen MR) is 136 cm³/mol. The summed E-state index contributed by atoms with van der Waals surface area (Å²) in [7, 11) is 1.59. The van der Waals surface area contributed by atoms with Gasteiger partial charge in [0.2, 0.25) is 5.95 Å². The van der Waals surface area contributed by atoms with Crippen LogP contribution < -0.4 is 15.5 Å². The zero-order valence-corrected chi connectivity index (χ0v) is 20.4. The van der Waals surface area contributed by atoms with Crippen LogP contribution in [0.25, 0.3) is 22.3 Å². The number of nitrogens with zero attached hydrogens (tertiary/aromatic N) is 6. The van der Waals surface area contributed by atoms with Gasteiger partial charge in [0.05, 0.1) is 42.2 Å². The number of rotatable bonds is 3. The predicted octanol–water partition coefficient (Wildman–Crippen LogP) is 2.59. The van der Waals surface area contributed by atoms with E-state index in [0.29, 0.717) is 31.4 Å². The Morgan fingerprint density at radius 1 is 1.06 bits per heavy atom. The quantitative estimate of drug-likeness (QED) is 0.579. The molecular formula is C25H30N8O3. The fourth-order valence-electron chi connectivity index (χ4n) is 5.02. The van der Waals surface area contributed by atoms with Crippen molar-refractivity contribution in [2.45, 2.75) is 31.7 Å². The second kappa shape index (κ2) is 9.82. The van der Waals surface area contributed by atoms with Gasteiger partial charge in [-0.25, -0.2) is 19.5 Å². The van der Waals surface area contributed by atoms with Crippen LogP contribution in [0.15, 0.2) is 29.4 Å². The van der Waals surface area contributed by atoms with Crippen molar-refractivity contribution in [2.24, 2.45) is 4.99 Å². The van der Waals surface area contributed by atoms with Gasteiger partial charge in [-0.2, -0.15) is 10.1 Å². The van der Waals surface area contributed by atoms with Gasteiger partial charge in [0.15, 0.2) is 5.65 Å². The van der Waals surface area contributed by atoms with Crippen LogP contribution in [0.4, 0.5) is 16.4 Å². The fraction of sp³-hybridized carbons (Fsp3) is 0.480. The maximum Gasteiger partial charge on any atom is 0.319 e. The largest absolute Gasteiger partial charge is 0.381 e. The molecule has 1 aromatic carbocycles. The van der Waals surface area contributed by atoms with Crippen LogP contribution in [-0.2, 0) is 15.9 Å². The summed E-state index contributed by atoms with van der Waals surface area (Å²) in [5.74, 6) is 1.38. The van der Waals surface area contributed by atoms with Gasteiger partial charge < -0.3 is 19.7 Å². The van der Waals surface area contributed by atoms with Gasteiger partial charge in [0, 0.05) is 45.3 Å². The van der Waals surface area contributed by atoms with Gasteiger partial charge in [-0.1, -0.05) is 6.07 Å². The van der Waals surface area contributed by atoms with Crippen LogP contribution in [-0.4, -0.2) is 78.2 Å². The highest BCUT2D eigenvalue weighted by Gasteiger charge is 2.24. The lowest BCUT2D eigenvalue weighted by molar-refractivity contribution is 0.0673. The Labute approximate surface area is 208 Å². The van der Waals surface area contributed by atoms with E-state index in [4.69, 9.17) is 24.5 Å². The molecule has 2 amide bonds. The molecule has 11 heteroatoms. The van der Waals surface area contributed by atoms with E-state index in [1.54, 1.807) is 7.05 Å². The first kappa shape index (κ1) is 22.9. The van der Waals surface area contributed by atoms with Crippen molar-refractivity contribution in [3.8, 4) is 11.3 Å². The first-order chi connectivity index (χ1) is 17.7. The maximum absolute atomic E-state index is 11.7. The van der Waals surface area contributed by atoms with Gasteiger partial charge in [0.1, 0.15) is 5.84 Å². The Hall–Kier alpha value is -3.57. The minimum absolute atomic E-state index is 0.255. The molecule has 0 atom stereocenters. The average Bonchev–Trinajstić information content (AvgIpc) is 3.37. The lowest BCUT2D eigenvalue weighted by Crippen LogP contribution is -2.38. The van der Waals surface area contributed by atoms with Crippen molar-refractivity contribution in [3.63, 3.8) is 0 Å². The first-order valence-corrected chi connectivity index (χ1v) is 12.5. The number of anilines is 1. The van der Waals surface area contributed by atoms with Crippen molar-refractivity contribution in [2.75, 3.05) is 51.5 Å². The standard InChI is InChI=1S/C25H30N8O3/c1-26-25(34)29-21-5-3-16-14-17(2-4-20(16)28-21)22-19-15-27-33(18-6-10-35-11-7-18)23(19)31-24(30-22)32-8-12-36-13-9-32/h2,4,14-15,18H,3,5-13H2,1H3,(H2,26,28,29,34). The van der Waals surface area contributed by atoms with E-state index >= 15 is 0 Å². The van der Waals surface area contributed by atoms with E-state index in [9.17, 15) is 4.79 Å². The molecule has 188 valence electrons. The molecule has 0 unspecified atom stereocenters. The Kier molecular flexibility index (Phi) is 6.24. The highest BCUT2D eigenvalue weighted by molar-refractivity contribution is 6.00. The van der Waals surface area contributed by atoms with E-state index in [1.807, 2.05) is 18.3 Å². The number of aryl methyl sites for hydroxylation is 1. The number of fused-ring (bicyclic) bond motifs is 2. The van der Waals surface area contributed by atoms with Gasteiger partial charge in [-0.15, -0.1) is 0 Å². The third-order valence-electron chi connectivity index (χ3n) is 7.00. The smallest absolute Gasteiger partial charge is 0.319 e. The molecule has 36 heavy (non-hydrogen) atoms. The van der Waals surface area contributed by atoms with E-state index < -0.39 is 0 Å². The second-order valence-electron chi connectivity index (χ2n) is 9.25. The van der Waals surface area contributed by atoms with Crippen molar-refractivity contribution >= 4 is 34.5 Å². The summed E-state index contributed by atoms with van der Waals surface area (Å²) in [6.07, 6.45) is 5.20. The number of morpholine rings is 1. The topological polar surface area (TPSA) is 119 Å². The van der Waals surface area contributed by atoms with Gasteiger partial charge in [-0.3, -0.25) is 5.32 Å². The van der Waals surface area contributed by atoms with Crippen molar-refractivity contribution in [1.29, 1.82) is 0 Å². The van der Waals surface area contributed by atoms with Crippen molar-refractivity contribution < 1.29 is 14.3 Å². The van der Waals surface area contributed by atoms with E-state index in [-0.39, 0.29) is 12.1 Å². The van der Waals surface area contributed by atoms with Crippen LogP contribution in [0.5, 0.6) is 0 Å². The summed E-state index contributed by atoms with van der Waals surface area (Å²) in [5, 5.41) is 11.1. The van der Waals surface area contributed by atoms with Crippen molar-refractivity contribution in [1.82, 2.24) is 30.4 Å². The van der Waals surface area contributed by atoms with Gasteiger partial charge >= 0.3 is 6.03 Å². The molecule has 0 aliphatic carbocycles. The number of benzene rings is 1. The molecule has 2 N–H and O–H groups in total. The molecule has 3 aliphatic rings. The second-order valence-corrected chi connectivity index (χ2v) is 9.25. The minimum atomic E-state index is -0.255. The van der Waals surface area contributed by atoms with Crippen LogP contribution in [0.1, 0.15) is 30.9 Å². The number of aliphatic imine (C=N–C) groups is 1. The molecule has 11 nitrogen and oxygen atoms in total. The zero-order chi connectivity index (χ0) is 24.5. The molecule has 0 saturated carbocycles. The minimum Gasteiger partial charge on any atom is -0.381 e. The zero-order valence-electron chi connectivity index (χ0n) is 20.4. The Bertz CT molecular complexity index is 1310. The molecule has 2 fully saturated rings. The highest BCUT2D eigenvalue weighted by Crippen LogP contribution is 2.35. The molecule has 2 saturated heterocycles. The fourth-order valence-corrected chi connectivity index (χ4v) is 5.02. The number of hydrogen-bond acceptors (Lipinski definition) is 8. The summed E-state index contributed by atoms with van der Waals surface area (Å²) < 4.78 is 13.2. The summed E-state index contributed by atoms with van der Waals surface area (Å²) in [5.41, 5.74) is 4.75. The summed E-state index contributed by atoms with van der Waals surface area (Å²) in [4.78, 5) is 28.6. The van der Waals surface area contributed by atoms with E-state index in [1.165, 1.54) is 0 Å². The number of nitrogens with one attached hydrogen (secondary N) is 2. The van der Waals surface area contributed by atoms with Crippen molar-refractivity contribution in [3.05, 3.63) is 30.0 Å². The molecular weight excluding hydrogens is 460 g/mol. The molecule has 3 aliphatic heterocycles. The van der Waals surface area contributed by atoms with Gasteiger partial charge in [0.25, 0.3) is 0 Å². The third-order valence-corrected chi connectivity index (χ3v) is 7.00. The monoisotopic (exact) mass is 490 g/mol. The van der Waals surface area contributed by atoms with Gasteiger partial charge in [-0.05, 0) is 37.0 Å². The lowest BCUT2D eigenvalue weighted by atomic mass is 9.99. The number of aromatic nitrogens is 4. The Balaban J connectivity index is 1.41. The van der Waals surface area contributed by atoms with Crippen LogP contribution in [0.2, 0.25) is 0 Å². The maximum atomic E-state index is 11.7. The first-order valence-electron chi connectivity index (χ1n) is 12.5. The number of ether oxygens (including phenoxy) is 2. The molecule has 0 spiro atoms. The Morgan fingerprint density at radius 3 is 2.67 bits per heavy atom. The number of carbonyl (C=O) groups excluding carboxylic acids is 1. The molecule has 0 bridgehead atoms. The lowest BCUT2D eigenvalue weighted by Gasteiger charge is -2.28.